The van der Waals surface area contributed by atoms with Crippen LogP contribution in [0.2, 0.25) is 0 Å². The van der Waals surface area contributed by atoms with Crippen LogP contribution in [0.4, 0.5) is 0 Å². The molecule has 0 fully saturated rings. The van der Waals surface area contributed by atoms with Crippen molar-refractivity contribution in [3.63, 3.8) is 0 Å². The zero-order valence-corrected chi connectivity index (χ0v) is 12.3. The number of aliphatic carboxylic acids is 1. The fraction of sp³-hybridized carbons (Fsp3) is 0.400. The first-order valence-electron chi connectivity index (χ1n) is 6.98. The summed E-state index contributed by atoms with van der Waals surface area (Å²) in [4.78, 5) is 14.4. The molecular weight excluding hydrogens is 268 g/mol. The fourth-order valence-corrected chi connectivity index (χ4v) is 2.02. The van der Waals surface area contributed by atoms with Gasteiger partial charge in [-0.1, -0.05) is 18.2 Å². The number of rotatable bonds is 7. The third-order valence-electron chi connectivity index (χ3n) is 3.23. The highest BCUT2D eigenvalue weighted by molar-refractivity contribution is 5.66. The summed E-state index contributed by atoms with van der Waals surface area (Å²) >= 11 is 0. The van der Waals surface area contributed by atoms with Crippen molar-refractivity contribution in [1.82, 2.24) is 19.9 Å². The predicted octanol–water partition coefficient (Wildman–Crippen LogP) is 1.95. The van der Waals surface area contributed by atoms with Crippen LogP contribution in [0, 0.1) is 0 Å². The maximum atomic E-state index is 10.7. The number of benzene rings is 1. The van der Waals surface area contributed by atoms with Gasteiger partial charge in [-0.2, -0.15) is 15.0 Å². The Morgan fingerprint density at radius 1 is 1.33 bits per heavy atom. The van der Waals surface area contributed by atoms with E-state index in [0.29, 0.717) is 13.1 Å². The van der Waals surface area contributed by atoms with Crippen LogP contribution in [0.3, 0.4) is 0 Å². The maximum absolute atomic E-state index is 10.7. The van der Waals surface area contributed by atoms with Crippen molar-refractivity contribution < 1.29 is 9.90 Å². The molecule has 0 unspecified atom stereocenters. The summed E-state index contributed by atoms with van der Waals surface area (Å²) in [5.74, 6) is -0.784. The fourth-order valence-electron chi connectivity index (χ4n) is 2.02. The number of carbonyl (C=O) groups is 1. The molecule has 0 atom stereocenters. The molecular formula is C15H20N4O2. The van der Waals surface area contributed by atoms with Crippen LogP contribution in [0.25, 0.3) is 5.69 Å². The Kier molecular flexibility index (Phi) is 5.05. The zero-order chi connectivity index (χ0) is 15.2. The molecule has 0 aliphatic carbocycles. The molecule has 1 aromatic heterocycles. The number of nitrogens with zero attached hydrogens (tertiary/aromatic N) is 4. The minimum atomic E-state index is -0.784. The molecule has 21 heavy (non-hydrogen) atoms. The summed E-state index contributed by atoms with van der Waals surface area (Å²) in [6.45, 7) is 5.19. The van der Waals surface area contributed by atoms with Crippen LogP contribution >= 0.6 is 0 Å². The van der Waals surface area contributed by atoms with Gasteiger partial charge in [-0.25, -0.2) is 0 Å². The highest BCUT2D eigenvalue weighted by atomic mass is 16.4. The molecule has 6 heteroatoms. The topological polar surface area (TPSA) is 71.2 Å². The van der Waals surface area contributed by atoms with Crippen LogP contribution in [-0.4, -0.2) is 43.6 Å². The van der Waals surface area contributed by atoms with Crippen LogP contribution in [0.1, 0.15) is 26.0 Å². The lowest BCUT2D eigenvalue weighted by Gasteiger charge is -2.24. The first-order valence-corrected chi connectivity index (χ1v) is 6.98. The van der Waals surface area contributed by atoms with E-state index in [-0.39, 0.29) is 12.5 Å². The number of hydrogen-bond donors (Lipinski definition) is 1. The molecule has 1 heterocycles. The van der Waals surface area contributed by atoms with Crippen molar-refractivity contribution in [2.75, 3.05) is 6.54 Å². The molecule has 0 saturated heterocycles. The smallest absolute Gasteiger partial charge is 0.304 e. The molecule has 0 bridgehead atoms. The first kappa shape index (κ1) is 15.2. The lowest BCUT2D eigenvalue weighted by molar-refractivity contribution is -0.137. The van der Waals surface area contributed by atoms with Crippen LogP contribution in [0.15, 0.2) is 36.5 Å². The monoisotopic (exact) mass is 288 g/mol. The highest BCUT2D eigenvalue weighted by Gasteiger charge is 2.14. The average Bonchev–Trinajstić information content (AvgIpc) is 2.92. The molecule has 6 nitrogen and oxygen atoms in total. The van der Waals surface area contributed by atoms with E-state index in [4.69, 9.17) is 5.11 Å². The van der Waals surface area contributed by atoms with Gasteiger partial charge < -0.3 is 5.11 Å². The van der Waals surface area contributed by atoms with Gasteiger partial charge in [0, 0.05) is 19.1 Å². The van der Waals surface area contributed by atoms with Gasteiger partial charge in [0.2, 0.25) is 0 Å². The zero-order valence-electron chi connectivity index (χ0n) is 12.3. The molecule has 1 aromatic carbocycles. The summed E-state index contributed by atoms with van der Waals surface area (Å²) in [6.07, 6.45) is 1.86. The van der Waals surface area contributed by atoms with Gasteiger partial charge >= 0.3 is 5.97 Å². The molecule has 112 valence electrons. The van der Waals surface area contributed by atoms with Gasteiger partial charge in [-0.15, -0.1) is 0 Å². The maximum Gasteiger partial charge on any atom is 0.304 e. The summed E-state index contributed by atoms with van der Waals surface area (Å²) in [5, 5.41) is 17.5. The molecule has 2 aromatic rings. The normalized spacial score (nSPS) is 11.2. The first-order chi connectivity index (χ1) is 10.1. The van der Waals surface area contributed by atoms with E-state index in [1.807, 2.05) is 44.2 Å². The van der Waals surface area contributed by atoms with Gasteiger partial charge in [-0.05, 0) is 26.0 Å². The van der Waals surface area contributed by atoms with Crippen molar-refractivity contribution in [2.24, 2.45) is 0 Å². The molecule has 1 N–H and O–H groups in total. The van der Waals surface area contributed by atoms with E-state index in [1.54, 1.807) is 11.0 Å². The Morgan fingerprint density at radius 2 is 2.05 bits per heavy atom. The van der Waals surface area contributed by atoms with E-state index in [1.165, 1.54) is 0 Å². The highest BCUT2D eigenvalue weighted by Crippen LogP contribution is 2.09. The van der Waals surface area contributed by atoms with Crippen LogP contribution in [0.5, 0.6) is 0 Å². The number of hydrogen-bond acceptors (Lipinski definition) is 4. The standard InChI is InChI=1S/C15H20N4O2/c1-12(2)18(9-8-15(20)21)11-13-10-16-19(17-13)14-6-4-3-5-7-14/h3-7,10,12H,8-9,11H2,1-2H3,(H,20,21). The van der Waals surface area contributed by atoms with Gasteiger partial charge in [-0.3, -0.25) is 9.69 Å². The summed E-state index contributed by atoms with van der Waals surface area (Å²) < 4.78 is 0. The second-order valence-electron chi connectivity index (χ2n) is 5.17. The number of carboxylic acid groups (broad SMARTS) is 1. The lowest BCUT2D eigenvalue weighted by atomic mass is 10.2. The van der Waals surface area contributed by atoms with E-state index < -0.39 is 5.97 Å². The lowest BCUT2D eigenvalue weighted by Crippen LogP contribution is -2.32. The summed E-state index contributed by atoms with van der Waals surface area (Å²) in [5.41, 5.74) is 1.74. The largest absolute Gasteiger partial charge is 0.481 e. The SMILES string of the molecule is CC(C)N(CCC(=O)O)Cc1cnn(-c2ccccc2)n1. The van der Waals surface area contributed by atoms with Crippen molar-refractivity contribution in [1.29, 1.82) is 0 Å². The minimum Gasteiger partial charge on any atom is -0.481 e. The third-order valence-corrected chi connectivity index (χ3v) is 3.23. The van der Waals surface area contributed by atoms with Crippen molar-refractivity contribution in [3.8, 4) is 5.69 Å². The van der Waals surface area contributed by atoms with Crippen molar-refractivity contribution >= 4 is 5.97 Å². The molecule has 2 rings (SSSR count). The van der Waals surface area contributed by atoms with Crippen molar-refractivity contribution in [2.45, 2.75) is 32.9 Å². The molecule has 0 amide bonds. The van der Waals surface area contributed by atoms with Gasteiger partial charge in [0.15, 0.2) is 0 Å². The summed E-state index contributed by atoms with van der Waals surface area (Å²) in [6, 6.07) is 9.95. The Hall–Kier alpha value is -2.21. The van der Waals surface area contributed by atoms with E-state index >= 15 is 0 Å². The van der Waals surface area contributed by atoms with Crippen molar-refractivity contribution in [3.05, 3.63) is 42.2 Å². The minimum absolute atomic E-state index is 0.130. The van der Waals surface area contributed by atoms with Gasteiger partial charge in [0.1, 0.15) is 0 Å². The Balaban J connectivity index is 2.04. The van der Waals surface area contributed by atoms with E-state index in [9.17, 15) is 4.79 Å². The Morgan fingerprint density at radius 3 is 2.67 bits per heavy atom. The van der Waals surface area contributed by atoms with Crippen LogP contribution < -0.4 is 0 Å². The summed E-state index contributed by atoms with van der Waals surface area (Å²) in [7, 11) is 0. The predicted molar refractivity (Wildman–Crippen MR) is 79.2 cm³/mol. The molecule has 0 aliphatic heterocycles. The number of carboxylic acids is 1. The molecule has 0 spiro atoms. The van der Waals surface area contributed by atoms with Crippen LogP contribution in [-0.2, 0) is 11.3 Å². The molecule has 0 aliphatic rings. The molecule has 0 radical (unpaired) electrons. The third kappa shape index (κ3) is 4.39. The molecule has 0 saturated carbocycles. The van der Waals surface area contributed by atoms with Gasteiger partial charge in [0.05, 0.1) is 24.0 Å². The van der Waals surface area contributed by atoms with E-state index in [2.05, 4.69) is 15.1 Å². The quantitative estimate of drug-likeness (QED) is 0.843. The van der Waals surface area contributed by atoms with E-state index in [0.717, 1.165) is 11.4 Å². The number of para-hydroxylation sites is 1. The second-order valence-corrected chi connectivity index (χ2v) is 5.17. The Bertz CT molecular complexity index is 580. The number of aromatic nitrogens is 3. The second kappa shape index (κ2) is 6.99. The average molecular weight is 288 g/mol. The van der Waals surface area contributed by atoms with Gasteiger partial charge in [0.25, 0.3) is 0 Å². The Labute approximate surface area is 124 Å².